The van der Waals surface area contributed by atoms with E-state index in [2.05, 4.69) is 0 Å². The van der Waals surface area contributed by atoms with Gasteiger partial charge in [0.1, 0.15) is 0 Å². The molecule has 1 aliphatic rings. The van der Waals surface area contributed by atoms with Crippen LogP contribution in [0.5, 0.6) is 0 Å². The van der Waals surface area contributed by atoms with Gasteiger partial charge in [0, 0.05) is 24.5 Å². The normalized spacial score (nSPS) is 20.0. The van der Waals surface area contributed by atoms with Crippen LogP contribution in [0.3, 0.4) is 0 Å². The number of nitrogens with zero attached hydrogens (tertiary/aromatic N) is 1. The molecule has 1 unspecified atom stereocenters. The second-order valence-corrected chi connectivity index (χ2v) is 4.96. The number of likely N-dealkylation sites (tertiary alicyclic amines) is 1. The average Bonchev–Trinajstić information content (AvgIpc) is 2.69. The number of amides is 1. The summed E-state index contributed by atoms with van der Waals surface area (Å²) < 4.78 is 0. The van der Waals surface area contributed by atoms with Crippen molar-refractivity contribution in [1.82, 2.24) is 4.90 Å². The number of carbonyl (C=O) groups is 1. The first-order valence-electron chi connectivity index (χ1n) is 5.91. The number of hydrogen-bond donors (Lipinski definition) is 1. The Morgan fingerprint density at radius 1 is 1.35 bits per heavy atom. The minimum atomic E-state index is 0.231. The fourth-order valence-corrected chi connectivity index (χ4v) is 2.27. The summed E-state index contributed by atoms with van der Waals surface area (Å²) >= 11 is 5.82. The highest BCUT2D eigenvalue weighted by Crippen LogP contribution is 2.17. The molecule has 2 rings (SSSR count). The molecule has 1 saturated heterocycles. The molecule has 1 aliphatic heterocycles. The Balaban J connectivity index is 1.86. The molecule has 0 saturated carbocycles. The maximum atomic E-state index is 11.7. The first-order valence-corrected chi connectivity index (χ1v) is 6.29. The topological polar surface area (TPSA) is 46.3 Å². The molecular formula is C13H17ClN2O. The largest absolute Gasteiger partial charge is 0.342 e. The summed E-state index contributed by atoms with van der Waals surface area (Å²) in [6.45, 7) is 2.18. The lowest BCUT2D eigenvalue weighted by molar-refractivity contribution is -0.127. The Hall–Kier alpha value is -1.06. The molecule has 0 aromatic heterocycles. The molecular weight excluding hydrogens is 236 g/mol. The summed E-state index contributed by atoms with van der Waals surface area (Å²) in [6.07, 6.45) is 1.48. The van der Waals surface area contributed by atoms with Crippen molar-refractivity contribution in [2.45, 2.75) is 12.8 Å². The molecule has 0 spiro atoms. The predicted octanol–water partition coefficient (Wildman–Crippen LogP) is 1.69. The summed E-state index contributed by atoms with van der Waals surface area (Å²) in [5.41, 5.74) is 6.80. The van der Waals surface area contributed by atoms with Gasteiger partial charge in [0.05, 0.1) is 0 Å². The Kier molecular flexibility index (Phi) is 4.02. The standard InChI is InChI=1S/C13H17ClN2O/c14-12-3-1-10(2-4-12)5-6-16-9-11(8-15)7-13(16)17/h1-4,11H,5-9,15H2. The van der Waals surface area contributed by atoms with E-state index in [0.29, 0.717) is 18.9 Å². The molecule has 1 heterocycles. The molecule has 0 bridgehead atoms. The molecule has 2 N–H and O–H groups in total. The number of carbonyl (C=O) groups excluding carboxylic acids is 1. The van der Waals surface area contributed by atoms with Crippen LogP contribution in [0.1, 0.15) is 12.0 Å². The van der Waals surface area contributed by atoms with E-state index in [-0.39, 0.29) is 5.91 Å². The molecule has 1 aromatic carbocycles. The van der Waals surface area contributed by atoms with E-state index in [0.717, 1.165) is 24.5 Å². The van der Waals surface area contributed by atoms with Crippen LogP contribution in [-0.2, 0) is 11.2 Å². The summed E-state index contributed by atoms with van der Waals surface area (Å²) in [6, 6.07) is 7.77. The van der Waals surface area contributed by atoms with Crippen molar-refractivity contribution in [2.24, 2.45) is 11.7 Å². The third kappa shape index (κ3) is 3.20. The van der Waals surface area contributed by atoms with Crippen molar-refractivity contribution in [3.63, 3.8) is 0 Å². The second kappa shape index (κ2) is 5.52. The zero-order chi connectivity index (χ0) is 12.3. The monoisotopic (exact) mass is 252 g/mol. The molecule has 1 atom stereocenters. The SMILES string of the molecule is NCC1CC(=O)N(CCc2ccc(Cl)cc2)C1. The van der Waals surface area contributed by atoms with Crippen LogP contribution in [0.4, 0.5) is 0 Å². The molecule has 3 nitrogen and oxygen atoms in total. The van der Waals surface area contributed by atoms with Gasteiger partial charge in [-0.1, -0.05) is 23.7 Å². The second-order valence-electron chi connectivity index (χ2n) is 4.52. The van der Waals surface area contributed by atoms with Gasteiger partial charge in [-0.15, -0.1) is 0 Å². The van der Waals surface area contributed by atoms with Crippen molar-refractivity contribution in [1.29, 1.82) is 0 Å². The Bertz CT molecular complexity index is 391. The van der Waals surface area contributed by atoms with Crippen molar-refractivity contribution in [2.75, 3.05) is 19.6 Å². The van der Waals surface area contributed by atoms with E-state index >= 15 is 0 Å². The minimum absolute atomic E-state index is 0.231. The van der Waals surface area contributed by atoms with Gasteiger partial charge < -0.3 is 10.6 Å². The highest BCUT2D eigenvalue weighted by atomic mass is 35.5. The van der Waals surface area contributed by atoms with Gasteiger partial charge in [-0.2, -0.15) is 0 Å². The molecule has 17 heavy (non-hydrogen) atoms. The van der Waals surface area contributed by atoms with Crippen LogP contribution >= 0.6 is 11.6 Å². The summed E-state index contributed by atoms with van der Waals surface area (Å²) in [7, 11) is 0. The van der Waals surface area contributed by atoms with Crippen LogP contribution in [0.25, 0.3) is 0 Å². The molecule has 1 aromatic rings. The fraction of sp³-hybridized carbons (Fsp3) is 0.462. The predicted molar refractivity (Wildman–Crippen MR) is 68.9 cm³/mol. The minimum Gasteiger partial charge on any atom is -0.342 e. The average molecular weight is 253 g/mol. The van der Waals surface area contributed by atoms with Crippen LogP contribution in [0.15, 0.2) is 24.3 Å². The zero-order valence-electron chi connectivity index (χ0n) is 9.73. The Labute approximate surface area is 107 Å². The third-order valence-corrected chi connectivity index (χ3v) is 3.46. The van der Waals surface area contributed by atoms with Crippen LogP contribution in [-0.4, -0.2) is 30.4 Å². The Morgan fingerprint density at radius 3 is 2.65 bits per heavy atom. The summed E-state index contributed by atoms with van der Waals surface area (Å²) in [4.78, 5) is 13.6. The van der Waals surface area contributed by atoms with E-state index in [1.54, 1.807) is 0 Å². The molecule has 92 valence electrons. The third-order valence-electron chi connectivity index (χ3n) is 3.21. The highest BCUT2D eigenvalue weighted by Gasteiger charge is 2.27. The number of benzene rings is 1. The molecule has 1 fully saturated rings. The number of halogens is 1. The van der Waals surface area contributed by atoms with Gasteiger partial charge in [0.25, 0.3) is 0 Å². The molecule has 1 amide bonds. The van der Waals surface area contributed by atoms with Crippen molar-refractivity contribution in [3.05, 3.63) is 34.9 Å². The molecule has 0 radical (unpaired) electrons. The first-order chi connectivity index (χ1) is 8.19. The van der Waals surface area contributed by atoms with E-state index in [9.17, 15) is 4.79 Å². The maximum absolute atomic E-state index is 11.7. The summed E-state index contributed by atoms with van der Waals surface area (Å²) in [5.74, 6) is 0.571. The smallest absolute Gasteiger partial charge is 0.222 e. The van der Waals surface area contributed by atoms with Gasteiger partial charge in [-0.25, -0.2) is 0 Å². The van der Waals surface area contributed by atoms with Gasteiger partial charge >= 0.3 is 0 Å². The van der Waals surface area contributed by atoms with Crippen LogP contribution < -0.4 is 5.73 Å². The zero-order valence-corrected chi connectivity index (χ0v) is 10.5. The van der Waals surface area contributed by atoms with E-state index in [4.69, 9.17) is 17.3 Å². The fourth-order valence-electron chi connectivity index (χ4n) is 2.14. The highest BCUT2D eigenvalue weighted by molar-refractivity contribution is 6.30. The first kappa shape index (κ1) is 12.4. The van der Waals surface area contributed by atoms with E-state index < -0.39 is 0 Å². The lowest BCUT2D eigenvalue weighted by Gasteiger charge is -2.16. The molecule has 0 aliphatic carbocycles. The van der Waals surface area contributed by atoms with Gasteiger partial charge in [0.2, 0.25) is 5.91 Å². The van der Waals surface area contributed by atoms with Crippen molar-refractivity contribution >= 4 is 17.5 Å². The lowest BCUT2D eigenvalue weighted by atomic mass is 10.1. The van der Waals surface area contributed by atoms with Crippen molar-refractivity contribution < 1.29 is 4.79 Å². The number of nitrogens with two attached hydrogens (primary N) is 1. The van der Waals surface area contributed by atoms with Crippen molar-refractivity contribution in [3.8, 4) is 0 Å². The number of hydrogen-bond acceptors (Lipinski definition) is 2. The van der Waals surface area contributed by atoms with E-state index in [1.807, 2.05) is 29.2 Å². The van der Waals surface area contributed by atoms with Crippen LogP contribution in [0, 0.1) is 5.92 Å². The summed E-state index contributed by atoms with van der Waals surface area (Å²) in [5, 5.41) is 0.745. The maximum Gasteiger partial charge on any atom is 0.222 e. The quantitative estimate of drug-likeness (QED) is 0.887. The van der Waals surface area contributed by atoms with Crippen LogP contribution in [0.2, 0.25) is 5.02 Å². The van der Waals surface area contributed by atoms with Gasteiger partial charge in [0.15, 0.2) is 0 Å². The molecule has 4 heteroatoms. The lowest BCUT2D eigenvalue weighted by Crippen LogP contribution is -2.28. The van der Waals surface area contributed by atoms with Gasteiger partial charge in [-0.3, -0.25) is 4.79 Å². The Morgan fingerprint density at radius 2 is 2.06 bits per heavy atom. The van der Waals surface area contributed by atoms with Gasteiger partial charge in [-0.05, 0) is 36.6 Å². The number of rotatable bonds is 4. The van der Waals surface area contributed by atoms with E-state index in [1.165, 1.54) is 5.56 Å².